The topological polar surface area (TPSA) is 38.3 Å². The van der Waals surface area contributed by atoms with Crippen molar-refractivity contribution in [3.8, 4) is 5.75 Å². The fourth-order valence-corrected chi connectivity index (χ4v) is 3.02. The Morgan fingerprint density at radius 1 is 1.16 bits per heavy atom. The highest BCUT2D eigenvalue weighted by Crippen LogP contribution is 2.26. The van der Waals surface area contributed by atoms with Crippen LogP contribution in [0.15, 0.2) is 18.2 Å². The van der Waals surface area contributed by atoms with Crippen molar-refractivity contribution in [2.24, 2.45) is 0 Å². The first-order valence-corrected chi connectivity index (χ1v) is 7.39. The smallest absolute Gasteiger partial charge is 0.251 e. The first-order valence-electron chi connectivity index (χ1n) is 7.39. The summed E-state index contributed by atoms with van der Waals surface area (Å²) in [7, 11) is 0. The Hall–Kier alpha value is -1.51. The molecule has 1 aliphatic carbocycles. The number of carbonyl (C=O) groups is 1. The first-order chi connectivity index (χ1) is 9.33. The van der Waals surface area contributed by atoms with Gasteiger partial charge in [0, 0.05) is 11.6 Å². The Kier molecular flexibility index (Phi) is 3.72. The molecular formula is C16H21NO2. The molecule has 1 aromatic rings. The van der Waals surface area contributed by atoms with Crippen LogP contribution in [0, 0.1) is 0 Å². The molecule has 0 aromatic heterocycles. The third kappa shape index (κ3) is 2.91. The quantitative estimate of drug-likeness (QED) is 0.886. The molecular weight excluding hydrogens is 238 g/mol. The van der Waals surface area contributed by atoms with Gasteiger partial charge in [-0.25, -0.2) is 0 Å². The lowest BCUT2D eigenvalue weighted by Gasteiger charge is -2.23. The zero-order chi connectivity index (χ0) is 13.1. The highest BCUT2D eigenvalue weighted by Gasteiger charge is 2.18. The van der Waals surface area contributed by atoms with Gasteiger partial charge in [-0.15, -0.1) is 0 Å². The second kappa shape index (κ2) is 5.64. The second-order valence-electron chi connectivity index (χ2n) is 5.58. The summed E-state index contributed by atoms with van der Waals surface area (Å²) in [5.74, 6) is 1.01. The molecule has 3 nitrogen and oxygen atoms in total. The van der Waals surface area contributed by atoms with Crippen LogP contribution in [0.1, 0.15) is 54.4 Å². The molecule has 0 bridgehead atoms. The van der Waals surface area contributed by atoms with Crippen molar-refractivity contribution in [1.29, 1.82) is 0 Å². The largest absolute Gasteiger partial charge is 0.493 e. The maximum atomic E-state index is 12.2. The molecule has 0 spiro atoms. The Morgan fingerprint density at radius 2 is 2.00 bits per heavy atom. The SMILES string of the molecule is O=C(NC1CCCCC1)c1ccc2c(c1)CCCO2. The van der Waals surface area contributed by atoms with Gasteiger partial charge in [0.05, 0.1) is 6.61 Å². The number of nitrogens with one attached hydrogen (secondary N) is 1. The van der Waals surface area contributed by atoms with Crippen LogP contribution < -0.4 is 10.1 Å². The fourth-order valence-electron chi connectivity index (χ4n) is 3.02. The fraction of sp³-hybridized carbons (Fsp3) is 0.562. The van der Waals surface area contributed by atoms with E-state index in [4.69, 9.17) is 4.74 Å². The minimum atomic E-state index is 0.0697. The lowest BCUT2D eigenvalue weighted by molar-refractivity contribution is 0.0927. The molecule has 3 rings (SSSR count). The highest BCUT2D eigenvalue weighted by atomic mass is 16.5. The lowest BCUT2D eigenvalue weighted by atomic mass is 9.95. The van der Waals surface area contributed by atoms with E-state index in [1.165, 1.54) is 24.8 Å². The Balaban J connectivity index is 1.69. The Labute approximate surface area is 114 Å². The van der Waals surface area contributed by atoms with Crippen LogP contribution in [-0.4, -0.2) is 18.6 Å². The number of hydrogen-bond acceptors (Lipinski definition) is 2. The number of fused-ring (bicyclic) bond motifs is 1. The van der Waals surface area contributed by atoms with Crippen molar-refractivity contribution in [2.75, 3.05) is 6.61 Å². The van der Waals surface area contributed by atoms with Crippen molar-refractivity contribution in [3.63, 3.8) is 0 Å². The Morgan fingerprint density at radius 3 is 2.84 bits per heavy atom. The molecule has 102 valence electrons. The predicted octanol–water partition coefficient (Wildman–Crippen LogP) is 3.07. The van der Waals surface area contributed by atoms with Crippen molar-refractivity contribution in [3.05, 3.63) is 29.3 Å². The van der Waals surface area contributed by atoms with E-state index in [-0.39, 0.29) is 5.91 Å². The van der Waals surface area contributed by atoms with E-state index in [1.807, 2.05) is 18.2 Å². The molecule has 3 heteroatoms. The number of carbonyl (C=O) groups excluding carboxylic acids is 1. The summed E-state index contributed by atoms with van der Waals surface area (Å²) in [5.41, 5.74) is 1.94. The van der Waals surface area contributed by atoms with Gasteiger partial charge in [-0.1, -0.05) is 19.3 Å². The van der Waals surface area contributed by atoms with Crippen LogP contribution in [-0.2, 0) is 6.42 Å². The number of benzene rings is 1. The normalized spacial score (nSPS) is 19.4. The summed E-state index contributed by atoms with van der Waals surface area (Å²) in [6, 6.07) is 6.17. The molecule has 0 saturated heterocycles. The van der Waals surface area contributed by atoms with Crippen LogP contribution in [0.2, 0.25) is 0 Å². The van der Waals surface area contributed by atoms with Gasteiger partial charge in [0.2, 0.25) is 0 Å². The Bertz CT molecular complexity index is 464. The van der Waals surface area contributed by atoms with E-state index < -0.39 is 0 Å². The molecule has 0 unspecified atom stereocenters. The third-order valence-electron chi connectivity index (χ3n) is 4.11. The van der Waals surface area contributed by atoms with Gasteiger partial charge in [0.1, 0.15) is 5.75 Å². The van der Waals surface area contributed by atoms with Gasteiger partial charge in [-0.05, 0) is 49.4 Å². The highest BCUT2D eigenvalue weighted by molar-refractivity contribution is 5.94. The zero-order valence-electron chi connectivity index (χ0n) is 11.3. The maximum Gasteiger partial charge on any atom is 0.251 e. The maximum absolute atomic E-state index is 12.2. The molecule has 1 amide bonds. The molecule has 1 heterocycles. The van der Waals surface area contributed by atoms with Crippen molar-refractivity contribution in [1.82, 2.24) is 5.32 Å². The minimum Gasteiger partial charge on any atom is -0.493 e. The zero-order valence-corrected chi connectivity index (χ0v) is 11.3. The monoisotopic (exact) mass is 259 g/mol. The third-order valence-corrected chi connectivity index (χ3v) is 4.11. The number of hydrogen-bond donors (Lipinski definition) is 1. The van der Waals surface area contributed by atoms with Crippen LogP contribution in [0.3, 0.4) is 0 Å². The number of amides is 1. The number of rotatable bonds is 2. The van der Waals surface area contributed by atoms with Gasteiger partial charge in [-0.2, -0.15) is 0 Å². The second-order valence-corrected chi connectivity index (χ2v) is 5.58. The van der Waals surface area contributed by atoms with Crippen molar-refractivity contribution < 1.29 is 9.53 Å². The average molecular weight is 259 g/mol. The van der Waals surface area contributed by atoms with Crippen molar-refractivity contribution in [2.45, 2.75) is 51.0 Å². The minimum absolute atomic E-state index is 0.0697. The number of aryl methyl sites for hydroxylation is 1. The van der Waals surface area contributed by atoms with Crippen molar-refractivity contribution >= 4 is 5.91 Å². The summed E-state index contributed by atoms with van der Waals surface area (Å²) in [6.07, 6.45) is 8.09. The van der Waals surface area contributed by atoms with Gasteiger partial charge in [0.15, 0.2) is 0 Å². The summed E-state index contributed by atoms with van der Waals surface area (Å²) in [4.78, 5) is 12.2. The average Bonchev–Trinajstić information content (AvgIpc) is 2.48. The van der Waals surface area contributed by atoms with Crippen LogP contribution >= 0.6 is 0 Å². The summed E-state index contributed by atoms with van der Waals surface area (Å²) >= 11 is 0. The standard InChI is InChI=1S/C16H21NO2/c18-16(17-14-6-2-1-3-7-14)13-8-9-15-12(11-13)5-4-10-19-15/h8-9,11,14H,1-7,10H2,(H,17,18). The molecule has 1 aliphatic heterocycles. The van der Waals surface area contributed by atoms with Gasteiger partial charge < -0.3 is 10.1 Å². The van der Waals surface area contributed by atoms with Gasteiger partial charge in [0.25, 0.3) is 5.91 Å². The van der Waals surface area contributed by atoms with E-state index >= 15 is 0 Å². The summed E-state index contributed by atoms with van der Waals surface area (Å²) < 4.78 is 5.58. The molecule has 1 N–H and O–H groups in total. The summed E-state index contributed by atoms with van der Waals surface area (Å²) in [6.45, 7) is 0.792. The van der Waals surface area contributed by atoms with E-state index in [0.29, 0.717) is 6.04 Å². The molecule has 1 aromatic carbocycles. The predicted molar refractivity (Wildman–Crippen MR) is 74.6 cm³/mol. The number of ether oxygens (including phenoxy) is 1. The first kappa shape index (κ1) is 12.5. The molecule has 2 aliphatic rings. The molecule has 19 heavy (non-hydrogen) atoms. The summed E-state index contributed by atoms with van der Waals surface area (Å²) in [5, 5.41) is 3.16. The lowest BCUT2D eigenvalue weighted by Crippen LogP contribution is -2.36. The molecule has 1 fully saturated rings. The van der Waals surface area contributed by atoms with E-state index in [2.05, 4.69) is 5.32 Å². The molecule has 1 saturated carbocycles. The van der Waals surface area contributed by atoms with E-state index in [1.54, 1.807) is 0 Å². The van der Waals surface area contributed by atoms with Gasteiger partial charge >= 0.3 is 0 Å². The molecule has 0 atom stereocenters. The van der Waals surface area contributed by atoms with Crippen LogP contribution in [0.4, 0.5) is 0 Å². The van der Waals surface area contributed by atoms with E-state index in [0.717, 1.165) is 43.6 Å². The van der Waals surface area contributed by atoms with Gasteiger partial charge in [-0.3, -0.25) is 4.79 Å². The van der Waals surface area contributed by atoms with E-state index in [9.17, 15) is 4.79 Å². The van der Waals surface area contributed by atoms with Crippen LogP contribution in [0.5, 0.6) is 5.75 Å². The molecule has 0 radical (unpaired) electrons. The van der Waals surface area contributed by atoms with Crippen LogP contribution in [0.25, 0.3) is 0 Å².